The zero-order valence-electron chi connectivity index (χ0n) is 18.6. The number of nitrogens with zero attached hydrogens (tertiary/aromatic N) is 5. The van der Waals surface area contributed by atoms with Crippen LogP contribution in [0.15, 0.2) is 41.7 Å². The molecule has 5 rings (SSSR count). The molecule has 1 aromatic carbocycles. The van der Waals surface area contributed by atoms with Crippen LogP contribution >= 0.6 is 11.8 Å². The highest BCUT2D eigenvalue weighted by Gasteiger charge is 2.39. The first-order valence-electron chi connectivity index (χ1n) is 10.7. The first-order chi connectivity index (χ1) is 16.6. The maximum Gasteiger partial charge on any atom is 0.416 e. The number of anilines is 2. The molecule has 2 aliphatic rings. The Morgan fingerprint density at radius 3 is 2.77 bits per heavy atom. The lowest BCUT2D eigenvalue weighted by atomic mass is 10.1. The van der Waals surface area contributed by atoms with E-state index in [4.69, 9.17) is 4.74 Å². The molecule has 2 aliphatic heterocycles. The van der Waals surface area contributed by atoms with E-state index in [0.717, 1.165) is 17.8 Å². The fourth-order valence-corrected chi connectivity index (χ4v) is 5.21. The summed E-state index contributed by atoms with van der Waals surface area (Å²) >= 11 is 1.31. The average Bonchev–Trinajstić information content (AvgIpc) is 3.42. The zero-order valence-corrected chi connectivity index (χ0v) is 19.4. The minimum absolute atomic E-state index is 0.0654. The Bertz CT molecular complexity index is 1280. The van der Waals surface area contributed by atoms with Gasteiger partial charge in [-0.3, -0.25) is 4.90 Å². The second-order valence-electron chi connectivity index (χ2n) is 8.21. The molecule has 13 heteroatoms. The van der Waals surface area contributed by atoms with E-state index in [1.54, 1.807) is 10.9 Å². The van der Waals surface area contributed by atoms with Crippen molar-refractivity contribution in [1.82, 2.24) is 19.5 Å². The molecule has 3 aromatic rings. The quantitative estimate of drug-likeness (QED) is 0.478. The molecule has 1 amide bonds. The molecular weight excluding hydrogens is 488 g/mol. The van der Waals surface area contributed by atoms with Crippen molar-refractivity contribution in [2.45, 2.75) is 48.9 Å². The number of nitrogens with one attached hydrogen (secondary N) is 1. The highest BCUT2D eigenvalue weighted by molar-refractivity contribution is 7.98. The number of hydrogen-bond donors (Lipinski definition) is 1. The third-order valence-corrected chi connectivity index (χ3v) is 6.95. The van der Waals surface area contributed by atoms with Crippen molar-refractivity contribution >= 4 is 29.6 Å². The summed E-state index contributed by atoms with van der Waals surface area (Å²) in [5, 5.41) is 3.14. The van der Waals surface area contributed by atoms with Gasteiger partial charge in [0.25, 0.3) is 0 Å². The second kappa shape index (κ2) is 8.70. The van der Waals surface area contributed by atoms with Crippen LogP contribution in [-0.4, -0.2) is 44.4 Å². The number of alkyl halides is 4. The van der Waals surface area contributed by atoms with Gasteiger partial charge in [0.05, 0.1) is 35.0 Å². The van der Waals surface area contributed by atoms with Crippen molar-refractivity contribution < 1.29 is 27.1 Å². The summed E-state index contributed by atoms with van der Waals surface area (Å²) in [5.74, 6) is 0.857. The minimum Gasteiger partial charge on any atom is -0.447 e. The van der Waals surface area contributed by atoms with Crippen LogP contribution in [0.2, 0.25) is 0 Å². The van der Waals surface area contributed by atoms with Crippen LogP contribution in [0.1, 0.15) is 36.8 Å². The summed E-state index contributed by atoms with van der Waals surface area (Å²) in [7, 11) is 0. The first kappa shape index (κ1) is 23.4. The molecule has 0 bridgehead atoms. The number of ether oxygens (including phenoxy) is 1. The first-order valence-corrected chi connectivity index (χ1v) is 11.7. The van der Waals surface area contributed by atoms with E-state index < -0.39 is 30.0 Å². The number of thioether (sulfide) groups is 1. The Kier molecular flexibility index (Phi) is 5.82. The molecule has 184 valence electrons. The predicted octanol–water partition coefficient (Wildman–Crippen LogP) is 5.14. The summed E-state index contributed by atoms with van der Waals surface area (Å²) in [5.41, 5.74) is 1.47. The number of carbonyl (C=O) groups is 1. The van der Waals surface area contributed by atoms with Crippen molar-refractivity contribution in [3.05, 3.63) is 53.7 Å². The fraction of sp³-hybridized carbons (Fsp3) is 0.364. The molecule has 35 heavy (non-hydrogen) atoms. The summed E-state index contributed by atoms with van der Waals surface area (Å²) in [6.07, 6.45) is -3.35. The number of benzene rings is 1. The molecule has 4 heterocycles. The third kappa shape index (κ3) is 4.28. The molecule has 0 aliphatic carbocycles. The molecule has 8 nitrogen and oxygen atoms in total. The SMILES string of the molecule is C[C@H](Nc1nccc(N2C(=O)OC[C@@H]2[C@H](C)F)n1)c1ncn2c1CSc1cc(C(F)(F)F)ccc1-2. The highest BCUT2D eigenvalue weighted by atomic mass is 32.2. The van der Waals surface area contributed by atoms with Gasteiger partial charge in [-0.05, 0) is 38.1 Å². The standard InChI is InChI=1S/C22H20F4N6O2S/c1-11(23)15-8-34-21(33)32(15)18-5-6-27-20(30-18)29-12(2)19-16-9-35-17-7-13(22(24,25)26)3-4-14(17)31(16)10-28-19/h3-7,10-12,15H,8-9H2,1-2H3,(H,27,29,30)/t11-,12-,15+/m0/s1. The number of hydrogen-bond acceptors (Lipinski definition) is 7. The van der Waals surface area contributed by atoms with Crippen molar-refractivity contribution in [2.75, 3.05) is 16.8 Å². The maximum atomic E-state index is 14.0. The Morgan fingerprint density at radius 1 is 1.23 bits per heavy atom. The second-order valence-corrected chi connectivity index (χ2v) is 9.23. The van der Waals surface area contributed by atoms with E-state index in [9.17, 15) is 22.4 Å². The van der Waals surface area contributed by atoms with Crippen molar-refractivity contribution in [2.24, 2.45) is 0 Å². The highest BCUT2D eigenvalue weighted by Crippen LogP contribution is 2.41. The average molecular weight is 509 g/mol. The molecule has 1 N–H and O–H groups in total. The molecule has 1 fully saturated rings. The van der Waals surface area contributed by atoms with E-state index in [0.29, 0.717) is 22.0 Å². The Labute approximate surface area is 201 Å². The summed E-state index contributed by atoms with van der Waals surface area (Å²) in [4.78, 5) is 26.9. The monoisotopic (exact) mass is 508 g/mol. The van der Waals surface area contributed by atoms with E-state index in [-0.39, 0.29) is 24.4 Å². The van der Waals surface area contributed by atoms with Gasteiger partial charge in [0.2, 0.25) is 5.95 Å². The van der Waals surface area contributed by atoms with Crippen LogP contribution in [0.3, 0.4) is 0 Å². The largest absolute Gasteiger partial charge is 0.447 e. The number of amides is 1. The number of imidazole rings is 1. The van der Waals surface area contributed by atoms with Gasteiger partial charge in [0.15, 0.2) is 0 Å². The topological polar surface area (TPSA) is 85.2 Å². The van der Waals surface area contributed by atoms with E-state index in [1.165, 1.54) is 41.9 Å². The van der Waals surface area contributed by atoms with Crippen LogP contribution in [0.4, 0.5) is 34.1 Å². The van der Waals surface area contributed by atoms with Gasteiger partial charge in [-0.2, -0.15) is 18.2 Å². The zero-order chi connectivity index (χ0) is 24.9. The number of carbonyl (C=O) groups excluding carboxylic acids is 1. The van der Waals surface area contributed by atoms with Gasteiger partial charge >= 0.3 is 12.3 Å². The lowest BCUT2D eigenvalue weighted by Gasteiger charge is -2.23. The Balaban J connectivity index is 1.38. The van der Waals surface area contributed by atoms with Gasteiger partial charge in [-0.15, -0.1) is 11.8 Å². The molecule has 0 unspecified atom stereocenters. The third-order valence-electron chi connectivity index (χ3n) is 5.89. The number of cyclic esters (lactones) is 1. The van der Waals surface area contributed by atoms with Gasteiger partial charge in [-0.1, -0.05) is 0 Å². The Morgan fingerprint density at radius 2 is 2.03 bits per heavy atom. The number of fused-ring (bicyclic) bond motifs is 3. The number of halogens is 4. The minimum atomic E-state index is -4.41. The molecule has 3 atom stereocenters. The predicted molar refractivity (Wildman–Crippen MR) is 120 cm³/mol. The van der Waals surface area contributed by atoms with Gasteiger partial charge < -0.3 is 14.6 Å². The van der Waals surface area contributed by atoms with Crippen molar-refractivity contribution in [3.8, 4) is 5.69 Å². The number of rotatable bonds is 5. The van der Waals surface area contributed by atoms with Crippen LogP contribution in [-0.2, 0) is 16.7 Å². The van der Waals surface area contributed by atoms with E-state index in [2.05, 4.69) is 20.3 Å². The van der Waals surface area contributed by atoms with Crippen molar-refractivity contribution in [1.29, 1.82) is 0 Å². The summed E-state index contributed by atoms with van der Waals surface area (Å²) in [6.45, 7) is 3.14. The van der Waals surface area contributed by atoms with Gasteiger partial charge in [-0.25, -0.2) is 19.2 Å². The molecule has 1 saturated heterocycles. The van der Waals surface area contributed by atoms with Gasteiger partial charge in [0, 0.05) is 16.8 Å². The fourth-order valence-electron chi connectivity index (χ4n) is 4.10. The van der Waals surface area contributed by atoms with Crippen LogP contribution in [0.25, 0.3) is 5.69 Å². The van der Waals surface area contributed by atoms with Gasteiger partial charge in [0.1, 0.15) is 24.6 Å². The number of aromatic nitrogens is 4. The normalized spacial score (nSPS) is 19.1. The molecule has 0 saturated carbocycles. The molecule has 2 aromatic heterocycles. The van der Waals surface area contributed by atoms with E-state index in [1.807, 2.05) is 6.92 Å². The lowest BCUT2D eigenvalue weighted by molar-refractivity contribution is -0.137. The van der Waals surface area contributed by atoms with E-state index >= 15 is 0 Å². The maximum absolute atomic E-state index is 14.0. The molecular formula is C22H20F4N6O2S. The summed E-state index contributed by atoms with van der Waals surface area (Å²) in [6, 6.07) is 4.01. The van der Waals surface area contributed by atoms with Crippen LogP contribution < -0.4 is 10.2 Å². The van der Waals surface area contributed by atoms with Crippen LogP contribution in [0, 0.1) is 0 Å². The molecule has 0 spiro atoms. The smallest absolute Gasteiger partial charge is 0.416 e. The lowest BCUT2D eigenvalue weighted by Crippen LogP contribution is -2.39. The van der Waals surface area contributed by atoms with Crippen molar-refractivity contribution in [3.63, 3.8) is 0 Å². The molecule has 0 radical (unpaired) electrons. The summed E-state index contributed by atoms with van der Waals surface area (Å²) < 4.78 is 60.0. The Hall–Kier alpha value is -3.35. The van der Waals surface area contributed by atoms with Crippen LogP contribution in [0.5, 0.6) is 0 Å².